The van der Waals surface area contributed by atoms with Crippen LogP contribution in [0, 0.1) is 23.5 Å². The molecule has 2 saturated heterocycles. The molecule has 6 unspecified atom stereocenters. The molecule has 0 spiro atoms. The molecular formula is C24H34Cl2F5N5O. The van der Waals surface area contributed by atoms with E-state index in [1.807, 2.05) is 0 Å². The molecule has 13 heteroatoms. The molecule has 2 aliphatic heterocycles. The number of hydrogen-bond donors (Lipinski definition) is 4. The second-order valence-electron chi connectivity index (χ2n) is 10.2. The Kier molecular flexibility index (Phi) is 9.67. The maximum absolute atomic E-state index is 15.5. The van der Waals surface area contributed by atoms with E-state index < -0.39 is 36.6 Å². The largest absolute Gasteiger partial charge is 0.401 e. The number of anilines is 2. The van der Waals surface area contributed by atoms with Gasteiger partial charge in [0.05, 0.1) is 26.0 Å². The van der Waals surface area contributed by atoms with Gasteiger partial charge in [-0.25, -0.2) is 8.78 Å². The van der Waals surface area contributed by atoms with Crippen LogP contribution in [0.15, 0.2) is 12.1 Å². The molecule has 1 saturated carbocycles. The number of alkyl halides is 5. The number of aliphatic hydroxyl groups excluding tert-OH is 1. The molecule has 2 heterocycles. The molecule has 4 N–H and O–H groups in total. The number of hydrogen-bond acceptors (Lipinski definition) is 6. The van der Waals surface area contributed by atoms with E-state index in [4.69, 9.17) is 28.3 Å². The van der Waals surface area contributed by atoms with Gasteiger partial charge in [-0.2, -0.15) is 13.2 Å². The van der Waals surface area contributed by atoms with E-state index >= 15 is 8.78 Å². The highest BCUT2D eigenvalue weighted by atomic mass is 35.5. The standard InChI is InChI=1S/C24H34Cl2F5N5O/c25-14-1-2-17-18-7-15(26)11-34-23(18)35(12-24(29,30)31)13-36(21(17)8-14)22-19(27)9-16(10-20(22)28)33-4-3-32-5-6-37/h9-10,14-15,17-18,21,23,32-34,37H,1-8,11-13H2. The van der Waals surface area contributed by atoms with E-state index in [1.54, 1.807) is 0 Å². The zero-order valence-electron chi connectivity index (χ0n) is 20.4. The summed E-state index contributed by atoms with van der Waals surface area (Å²) in [7, 11) is 0. The average Bonchev–Trinajstić information content (AvgIpc) is 2.92. The van der Waals surface area contributed by atoms with E-state index in [1.165, 1.54) is 21.9 Å². The Morgan fingerprint density at radius 1 is 1.00 bits per heavy atom. The summed E-state index contributed by atoms with van der Waals surface area (Å²) in [6, 6.07) is 1.90. The molecule has 3 fully saturated rings. The van der Waals surface area contributed by atoms with Crippen molar-refractivity contribution in [3.05, 3.63) is 23.8 Å². The molecule has 37 heavy (non-hydrogen) atoms. The molecule has 6 nitrogen and oxygen atoms in total. The van der Waals surface area contributed by atoms with Crippen molar-refractivity contribution >= 4 is 34.6 Å². The number of benzene rings is 1. The maximum atomic E-state index is 15.5. The summed E-state index contributed by atoms with van der Waals surface area (Å²) < 4.78 is 72.1. The monoisotopic (exact) mass is 573 g/mol. The fourth-order valence-corrected chi connectivity index (χ4v) is 6.74. The minimum atomic E-state index is -4.49. The Morgan fingerprint density at radius 3 is 2.41 bits per heavy atom. The van der Waals surface area contributed by atoms with E-state index in [0.29, 0.717) is 51.9 Å². The van der Waals surface area contributed by atoms with Gasteiger partial charge in [0.25, 0.3) is 0 Å². The average molecular weight is 574 g/mol. The Balaban J connectivity index is 1.67. The second-order valence-corrected chi connectivity index (χ2v) is 11.4. The van der Waals surface area contributed by atoms with Crippen molar-refractivity contribution in [3.63, 3.8) is 0 Å². The third kappa shape index (κ3) is 7.10. The molecule has 1 aliphatic carbocycles. The minimum absolute atomic E-state index is 0.0206. The summed E-state index contributed by atoms with van der Waals surface area (Å²) in [5, 5.41) is 17.4. The predicted octanol–water partition coefficient (Wildman–Crippen LogP) is 3.92. The fraction of sp³-hybridized carbons (Fsp3) is 0.750. The second kappa shape index (κ2) is 12.4. The van der Waals surface area contributed by atoms with Crippen LogP contribution in [-0.2, 0) is 0 Å². The van der Waals surface area contributed by atoms with E-state index in [0.717, 1.165) is 0 Å². The van der Waals surface area contributed by atoms with E-state index in [2.05, 4.69) is 16.0 Å². The van der Waals surface area contributed by atoms with Crippen LogP contribution in [0.25, 0.3) is 0 Å². The van der Waals surface area contributed by atoms with E-state index in [9.17, 15) is 13.2 Å². The highest BCUT2D eigenvalue weighted by Gasteiger charge is 2.50. The SMILES string of the molecule is OCCNCCNc1cc(F)c(N2CN(CC(F)(F)F)C3NCC(Cl)CC3C3CCC(Cl)CC32)c(F)c1. The molecule has 210 valence electrons. The summed E-state index contributed by atoms with van der Waals surface area (Å²) in [5.41, 5.74) is -0.111. The molecule has 6 atom stereocenters. The van der Waals surface area contributed by atoms with E-state index in [-0.39, 0.29) is 47.2 Å². The van der Waals surface area contributed by atoms with Gasteiger partial charge in [-0.05, 0) is 49.7 Å². The van der Waals surface area contributed by atoms with Gasteiger partial charge in [-0.1, -0.05) is 0 Å². The molecule has 0 amide bonds. The van der Waals surface area contributed by atoms with Crippen molar-refractivity contribution in [2.24, 2.45) is 11.8 Å². The van der Waals surface area contributed by atoms with Gasteiger partial charge in [-0.3, -0.25) is 10.2 Å². The summed E-state index contributed by atoms with van der Waals surface area (Å²) >= 11 is 12.9. The van der Waals surface area contributed by atoms with Crippen molar-refractivity contribution < 1.29 is 27.1 Å². The van der Waals surface area contributed by atoms with Crippen LogP contribution in [0.2, 0.25) is 0 Å². The lowest BCUT2D eigenvalue weighted by atomic mass is 9.72. The first-order valence-corrected chi connectivity index (χ1v) is 13.6. The fourth-order valence-electron chi connectivity index (χ4n) is 6.14. The number of halogens is 7. The number of fused-ring (bicyclic) bond motifs is 3. The third-order valence-electron chi connectivity index (χ3n) is 7.57. The van der Waals surface area contributed by atoms with Crippen LogP contribution in [0.5, 0.6) is 0 Å². The topological polar surface area (TPSA) is 62.8 Å². The highest BCUT2D eigenvalue weighted by Crippen LogP contribution is 2.46. The zero-order chi connectivity index (χ0) is 26.7. The first-order chi connectivity index (χ1) is 17.6. The molecule has 1 aromatic rings. The molecular weight excluding hydrogens is 540 g/mol. The number of rotatable bonds is 8. The van der Waals surface area contributed by atoms with Gasteiger partial charge in [-0.15, -0.1) is 23.2 Å². The molecule has 0 aromatic heterocycles. The molecule has 0 radical (unpaired) electrons. The maximum Gasteiger partial charge on any atom is 0.401 e. The minimum Gasteiger partial charge on any atom is -0.395 e. The molecule has 4 rings (SSSR count). The Labute approximate surface area is 223 Å². The van der Waals surface area contributed by atoms with Gasteiger partial charge < -0.3 is 20.6 Å². The van der Waals surface area contributed by atoms with Gasteiger partial charge in [0, 0.05) is 48.7 Å². The Morgan fingerprint density at radius 2 is 1.73 bits per heavy atom. The Hall–Kier alpha value is -1.11. The van der Waals surface area contributed by atoms with Crippen molar-refractivity contribution in [3.8, 4) is 0 Å². The Bertz CT molecular complexity index is 890. The normalized spacial score (nSPS) is 31.0. The number of nitrogens with zero attached hydrogens (tertiary/aromatic N) is 2. The molecule has 1 aromatic carbocycles. The lowest BCUT2D eigenvalue weighted by Crippen LogP contribution is -2.59. The molecule has 3 aliphatic rings. The van der Waals surface area contributed by atoms with Gasteiger partial charge in [0.2, 0.25) is 0 Å². The predicted molar refractivity (Wildman–Crippen MR) is 135 cm³/mol. The van der Waals surface area contributed by atoms with Crippen LogP contribution in [0.1, 0.15) is 25.7 Å². The van der Waals surface area contributed by atoms with Crippen LogP contribution < -0.4 is 20.9 Å². The number of nitrogens with one attached hydrogen (secondary N) is 3. The first-order valence-electron chi connectivity index (χ1n) is 12.7. The van der Waals surface area contributed by atoms with Crippen LogP contribution in [-0.4, -0.2) is 85.1 Å². The first kappa shape index (κ1) is 28.9. The van der Waals surface area contributed by atoms with Gasteiger partial charge >= 0.3 is 6.18 Å². The lowest BCUT2D eigenvalue weighted by Gasteiger charge is -2.45. The number of aliphatic hydroxyl groups is 1. The van der Waals surface area contributed by atoms with Crippen molar-refractivity contribution in [2.45, 2.75) is 54.8 Å². The quantitative estimate of drug-likeness (QED) is 0.215. The third-order valence-corrected chi connectivity index (χ3v) is 8.30. The van der Waals surface area contributed by atoms with Crippen molar-refractivity contribution in [1.82, 2.24) is 15.5 Å². The van der Waals surface area contributed by atoms with Crippen molar-refractivity contribution in [2.75, 3.05) is 56.2 Å². The highest BCUT2D eigenvalue weighted by molar-refractivity contribution is 6.21. The molecule has 0 bridgehead atoms. The summed E-state index contributed by atoms with van der Waals surface area (Å²) in [6.45, 7) is 0.0836. The summed E-state index contributed by atoms with van der Waals surface area (Å²) in [5.74, 6) is -2.03. The van der Waals surface area contributed by atoms with Crippen LogP contribution in [0.3, 0.4) is 0 Å². The summed E-state index contributed by atoms with van der Waals surface area (Å²) in [6.07, 6.45) is -2.84. The number of piperidine rings is 1. The summed E-state index contributed by atoms with van der Waals surface area (Å²) in [4.78, 5) is 2.71. The van der Waals surface area contributed by atoms with Crippen LogP contribution >= 0.6 is 23.2 Å². The lowest BCUT2D eigenvalue weighted by molar-refractivity contribution is -0.155. The van der Waals surface area contributed by atoms with Crippen molar-refractivity contribution in [1.29, 1.82) is 0 Å². The van der Waals surface area contributed by atoms with Crippen LogP contribution in [0.4, 0.5) is 33.3 Å². The smallest absolute Gasteiger partial charge is 0.395 e. The zero-order valence-corrected chi connectivity index (χ0v) is 21.9. The van der Waals surface area contributed by atoms with Gasteiger partial charge in [0.15, 0.2) is 11.6 Å². The van der Waals surface area contributed by atoms with Gasteiger partial charge in [0.1, 0.15) is 5.69 Å².